The van der Waals surface area contributed by atoms with Crippen molar-refractivity contribution in [3.05, 3.63) is 18.6 Å². The van der Waals surface area contributed by atoms with Crippen molar-refractivity contribution in [1.82, 2.24) is 14.9 Å². The smallest absolute Gasteiger partial charge is 0.239 e. The molecule has 1 aromatic rings. The molecule has 1 aliphatic heterocycles. The van der Waals surface area contributed by atoms with Crippen molar-refractivity contribution in [1.29, 1.82) is 0 Å². The number of nitrogens with two attached hydrogens (primary N) is 1. The van der Waals surface area contributed by atoms with E-state index in [0.29, 0.717) is 13.1 Å². The molecule has 0 aromatic carbocycles. The van der Waals surface area contributed by atoms with Crippen molar-refractivity contribution >= 4 is 11.7 Å². The molecule has 2 rings (SSSR count). The number of aromatic nitrogens is 2. The number of nitrogens with zero attached hydrogens (tertiary/aromatic N) is 4. The maximum absolute atomic E-state index is 12.3. The third-order valence-corrected chi connectivity index (χ3v) is 4.01. The minimum atomic E-state index is -0.386. The molecular formula is C14H23N5O. The van der Waals surface area contributed by atoms with E-state index in [2.05, 4.69) is 21.8 Å². The molecule has 0 aliphatic carbocycles. The zero-order valence-electron chi connectivity index (χ0n) is 12.2. The average molecular weight is 277 g/mol. The van der Waals surface area contributed by atoms with Crippen molar-refractivity contribution in [2.45, 2.75) is 26.3 Å². The number of rotatable bonds is 4. The van der Waals surface area contributed by atoms with Crippen LogP contribution < -0.4 is 10.6 Å². The van der Waals surface area contributed by atoms with Crippen molar-refractivity contribution in [2.75, 3.05) is 31.1 Å². The SMILES string of the molecule is CCC(C)[C@H](N)C(=O)N1CCN(c2cnccn2)CC1. The van der Waals surface area contributed by atoms with Crippen LogP contribution in [0.4, 0.5) is 5.82 Å². The first kappa shape index (κ1) is 14.7. The first-order valence-corrected chi connectivity index (χ1v) is 7.18. The number of piperazine rings is 1. The predicted octanol–water partition coefficient (Wildman–Crippen LogP) is 0.499. The summed E-state index contributed by atoms with van der Waals surface area (Å²) in [5.41, 5.74) is 6.02. The Balaban J connectivity index is 1.90. The van der Waals surface area contributed by atoms with E-state index in [1.54, 1.807) is 18.6 Å². The van der Waals surface area contributed by atoms with E-state index in [9.17, 15) is 4.79 Å². The van der Waals surface area contributed by atoms with E-state index in [4.69, 9.17) is 5.73 Å². The molecule has 1 fully saturated rings. The van der Waals surface area contributed by atoms with Gasteiger partial charge in [0.1, 0.15) is 5.82 Å². The number of amides is 1. The molecule has 2 heterocycles. The Morgan fingerprint density at radius 3 is 2.60 bits per heavy atom. The van der Waals surface area contributed by atoms with Gasteiger partial charge in [-0.25, -0.2) is 4.98 Å². The molecule has 0 radical (unpaired) electrons. The second-order valence-corrected chi connectivity index (χ2v) is 5.29. The van der Waals surface area contributed by atoms with Gasteiger partial charge < -0.3 is 15.5 Å². The topological polar surface area (TPSA) is 75.4 Å². The Hall–Kier alpha value is -1.69. The largest absolute Gasteiger partial charge is 0.352 e. The number of hydrogen-bond acceptors (Lipinski definition) is 5. The highest BCUT2D eigenvalue weighted by Gasteiger charge is 2.28. The summed E-state index contributed by atoms with van der Waals surface area (Å²) < 4.78 is 0. The lowest BCUT2D eigenvalue weighted by molar-refractivity contribution is -0.134. The summed E-state index contributed by atoms with van der Waals surface area (Å²) in [5, 5.41) is 0. The van der Waals surface area contributed by atoms with Crippen molar-refractivity contribution in [2.24, 2.45) is 11.7 Å². The van der Waals surface area contributed by atoms with Crippen LogP contribution in [0.5, 0.6) is 0 Å². The molecule has 2 N–H and O–H groups in total. The molecule has 0 bridgehead atoms. The van der Waals surface area contributed by atoms with Crippen LogP contribution in [0.1, 0.15) is 20.3 Å². The predicted molar refractivity (Wildman–Crippen MR) is 78.3 cm³/mol. The minimum absolute atomic E-state index is 0.0677. The summed E-state index contributed by atoms with van der Waals surface area (Å²) in [6.45, 7) is 7.02. The van der Waals surface area contributed by atoms with Gasteiger partial charge in [-0.1, -0.05) is 20.3 Å². The van der Waals surface area contributed by atoms with Gasteiger partial charge in [-0.15, -0.1) is 0 Å². The fourth-order valence-electron chi connectivity index (χ4n) is 2.32. The fourth-order valence-corrected chi connectivity index (χ4v) is 2.32. The Morgan fingerprint density at radius 1 is 1.35 bits per heavy atom. The van der Waals surface area contributed by atoms with Crippen LogP contribution in [-0.4, -0.2) is 53.0 Å². The van der Waals surface area contributed by atoms with Gasteiger partial charge in [-0.3, -0.25) is 9.78 Å². The third kappa shape index (κ3) is 3.25. The van der Waals surface area contributed by atoms with Crippen LogP contribution in [0, 0.1) is 5.92 Å². The molecule has 6 nitrogen and oxygen atoms in total. The van der Waals surface area contributed by atoms with E-state index in [-0.39, 0.29) is 17.9 Å². The number of hydrogen-bond donors (Lipinski definition) is 1. The molecule has 1 aromatic heterocycles. The lowest BCUT2D eigenvalue weighted by atomic mass is 9.98. The molecule has 1 unspecified atom stereocenters. The normalized spacial score (nSPS) is 18.8. The lowest BCUT2D eigenvalue weighted by Gasteiger charge is -2.37. The maximum Gasteiger partial charge on any atom is 0.239 e. The van der Waals surface area contributed by atoms with Crippen LogP contribution >= 0.6 is 0 Å². The third-order valence-electron chi connectivity index (χ3n) is 4.01. The molecule has 0 spiro atoms. The quantitative estimate of drug-likeness (QED) is 0.867. The maximum atomic E-state index is 12.3. The molecule has 20 heavy (non-hydrogen) atoms. The zero-order chi connectivity index (χ0) is 14.5. The van der Waals surface area contributed by atoms with E-state index in [1.165, 1.54) is 0 Å². The van der Waals surface area contributed by atoms with Gasteiger partial charge >= 0.3 is 0 Å². The average Bonchev–Trinajstić information content (AvgIpc) is 2.53. The summed E-state index contributed by atoms with van der Waals surface area (Å²) in [5.74, 6) is 1.16. The van der Waals surface area contributed by atoms with Crippen LogP contribution in [0.25, 0.3) is 0 Å². The van der Waals surface area contributed by atoms with Gasteiger partial charge in [-0.2, -0.15) is 0 Å². The Kier molecular flexibility index (Phi) is 4.89. The van der Waals surface area contributed by atoms with Gasteiger partial charge in [0, 0.05) is 38.6 Å². The van der Waals surface area contributed by atoms with Crippen LogP contribution in [0.15, 0.2) is 18.6 Å². The molecular weight excluding hydrogens is 254 g/mol. The molecule has 0 saturated carbocycles. The second-order valence-electron chi connectivity index (χ2n) is 5.29. The Morgan fingerprint density at radius 2 is 2.05 bits per heavy atom. The fraction of sp³-hybridized carbons (Fsp3) is 0.643. The summed E-state index contributed by atoms with van der Waals surface area (Å²) in [6, 6.07) is -0.386. The first-order chi connectivity index (χ1) is 9.63. The highest BCUT2D eigenvalue weighted by atomic mass is 16.2. The Labute approximate surface area is 120 Å². The van der Waals surface area contributed by atoms with E-state index < -0.39 is 0 Å². The monoisotopic (exact) mass is 277 g/mol. The number of carbonyl (C=O) groups excluding carboxylic acids is 1. The highest BCUT2D eigenvalue weighted by Crippen LogP contribution is 2.14. The molecule has 6 heteroatoms. The lowest BCUT2D eigenvalue weighted by Crippen LogP contribution is -2.54. The van der Waals surface area contributed by atoms with Gasteiger partial charge in [0.25, 0.3) is 0 Å². The molecule has 1 saturated heterocycles. The Bertz CT molecular complexity index is 430. The summed E-state index contributed by atoms with van der Waals surface area (Å²) in [7, 11) is 0. The molecule has 1 aliphatic rings. The number of carbonyl (C=O) groups is 1. The van der Waals surface area contributed by atoms with Gasteiger partial charge in [-0.05, 0) is 5.92 Å². The first-order valence-electron chi connectivity index (χ1n) is 7.18. The summed E-state index contributed by atoms with van der Waals surface area (Å²) >= 11 is 0. The van der Waals surface area contributed by atoms with Gasteiger partial charge in [0.05, 0.1) is 12.2 Å². The van der Waals surface area contributed by atoms with Gasteiger partial charge in [0.2, 0.25) is 5.91 Å². The summed E-state index contributed by atoms with van der Waals surface area (Å²) in [4.78, 5) is 24.7. The van der Waals surface area contributed by atoms with Crippen molar-refractivity contribution in [3.8, 4) is 0 Å². The highest BCUT2D eigenvalue weighted by molar-refractivity contribution is 5.82. The standard InChI is InChI=1S/C14H23N5O/c1-3-11(2)13(15)14(20)19-8-6-18(7-9-19)12-10-16-4-5-17-12/h4-5,10-11,13H,3,6-9,15H2,1-2H3/t11?,13-/m0/s1. The van der Waals surface area contributed by atoms with E-state index in [0.717, 1.165) is 25.3 Å². The van der Waals surface area contributed by atoms with Crippen molar-refractivity contribution < 1.29 is 4.79 Å². The van der Waals surface area contributed by atoms with Gasteiger partial charge in [0.15, 0.2) is 0 Å². The molecule has 1 amide bonds. The van der Waals surface area contributed by atoms with Crippen LogP contribution in [0.2, 0.25) is 0 Å². The van der Waals surface area contributed by atoms with Crippen LogP contribution in [0.3, 0.4) is 0 Å². The van der Waals surface area contributed by atoms with Crippen LogP contribution in [-0.2, 0) is 4.79 Å². The summed E-state index contributed by atoms with van der Waals surface area (Å²) in [6.07, 6.45) is 6.02. The molecule has 2 atom stereocenters. The minimum Gasteiger partial charge on any atom is -0.352 e. The van der Waals surface area contributed by atoms with E-state index >= 15 is 0 Å². The van der Waals surface area contributed by atoms with E-state index in [1.807, 2.05) is 11.8 Å². The second kappa shape index (κ2) is 6.65. The van der Waals surface area contributed by atoms with Crippen molar-refractivity contribution in [3.63, 3.8) is 0 Å². The molecule has 110 valence electrons. The zero-order valence-corrected chi connectivity index (χ0v) is 12.2. The number of anilines is 1.